The zero-order valence-electron chi connectivity index (χ0n) is 13.7. The number of carbonyl (C=O) groups is 1. The number of ether oxygens (including phenoxy) is 2. The molecule has 0 spiro atoms. The van der Waals surface area contributed by atoms with E-state index in [1.165, 1.54) is 0 Å². The van der Waals surface area contributed by atoms with E-state index in [1.807, 2.05) is 6.92 Å². The maximum atomic E-state index is 12.0. The average molecular weight is 344 g/mol. The highest BCUT2D eigenvalue weighted by Gasteiger charge is 2.19. The van der Waals surface area contributed by atoms with Crippen molar-refractivity contribution in [3.63, 3.8) is 0 Å². The van der Waals surface area contributed by atoms with Crippen molar-refractivity contribution in [2.75, 3.05) is 45.0 Å². The van der Waals surface area contributed by atoms with Crippen molar-refractivity contribution >= 4 is 21.6 Å². The highest BCUT2D eigenvalue weighted by Crippen LogP contribution is 2.15. The third-order valence-corrected chi connectivity index (χ3v) is 4.24. The predicted molar refractivity (Wildman–Crippen MR) is 89.2 cm³/mol. The molecule has 0 saturated heterocycles. The number of methoxy groups -OCH3 is 1. The van der Waals surface area contributed by atoms with Crippen LogP contribution in [0.25, 0.3) is 0 Å². The zero-order chi connectivity index (χ0) is 17.3. The lowest BCUT2D eigenvalue weighted by Gasteiger charge is -2.19. The van der Waals surface area contributed by atoms with E-state index in [1.54, 1.807) is 31.4 Å². The Hall–Kier alpha value is -1.64. The Morgan fingerprint density at radius 1 is 1.26 bits per heavy atom. The van der Waals surface area contributed by atoms with E-state index in [0.29, 0.717) is 31.1 Å². The van der Waals surface area contributed by atoms with Crippen molar-refractivity contribution in [3.05, 3.63) is 24.3 Å². The molecule has 130 valence electrons. The van der Waals surface area contributed by atoms with Crippen LogP contribution in [0, 0.1) is 0 Å². The molecule has 1 amide bonds. The number of hydrogen-bond donors (Lipinski definition) is 1. The minimum Gasteiger partial charge on any atom is -0.494 e. The number of benzene rings is 1. The van der Waals surface area contributed by atoms with Gasteiger partial charge in [-0.2, -0.15) is 4.31 Å². The first-order valence-electron chi connectivity index (χ1n) is 7.33. The summed E-state index contributed by atoms with van der Waals surface area (Å²) in [5.74, 6) is 0.319. The van der Waals surface area contributed by atoms with Crippen LogP contribution >= 0.6 is 0 Å². The van der Waals surface area contributed by atoms with Gasteiger partial charge in [0.25, 0.3) is 0 Å². The normalized spacial score (nSPS) is 11.5. The molecule has 0 bridgehead atoms. The van der Waals surface area contributed by atoms with Crippen LogP contribution in [0.15, 0.2) is 24.3 Å². The van der Waals surface area contributed by atoms with Crippen LogP contribution in [0.5, 0.6) is 5.75 Å². The topological polar surface area (TPSA) is 84.9 Å². The van der Waals surface area contributed by atoms with Crippen LogP contribution in [-0.2, 0) is 19.6 Å². The van der Waals surface area contributed by atoms with Gasteiger partial charge in [-0.15, -0.1) is 0 Å². The second-order valence-corrected chi connectivity index (χ2v) is 6.93. The van der Waals surface area contributed by atoms with Crippen LogP contribution in [-0.4, -0.2) is 58.3 Å². The highest BCUT2D eigenvalue weighted by atomic mass is 32.2. The van der Waals surface area contributed by atoms with Crippen molar-refractivity contribution in [2.24, 2.45) is 0 Å². The summed E-state index contributed by atoms with van der Waals surface area (Å²) in [6, 6.07) is 6.90. The van der Waals surface area contributed by atoms with Gasteiger partial charge >= 0.3 is 0 Å². The first-order valence-corrected chi connectivity index (χ1v) is 9.18. The molecule has 0 atom stereocenters. The highest BCUT2D eigenvalue weighted by molar-refractivity contribution is 7.88. The molecule has 0 unspecified atom stereocenters. The number of nitrogens with zero attached hydrogens (tertiary/aromatic N) is 1. The van der Waals surface area contributed by atoms with E-state index in [2.05, 4.69) is 5.32 Å². The number of hydrogen-bond acceptors (Lipinski definition) is 5. The van der Waals surface area contributed by atoms with Crippen molar-refractivity contribution in [2.45, 2.75) is 13.3 Å². The molecule has 0 aliphatic heterocycles. The first-order chi connectivity index (χ1) is 10.9. The van der Waals surface area contributed by atoms with E-state index in [0.717, 1.165) is 10.6 Å². The van der Waals surface area contributed by atoms with Gasteiger partial charge < -0.3 is 14.8 Å². The number of sulfonamides is 1. The molecule has 0 fully saturated rings. The number of amides is 1. The molecule has 1 rings (SSSR count). The molecule has 0 aliphatic carbocycles. The van der Waals surface area contributed by atoms with E-state index >= 15 is 0 Å². The maximum Gasteiger partial charge on any atom is 0.239 e. The summed E-state index contributed by atoms with van der Waals surface area (Å²) in [7, 11) is -1.90. The zero-order valence-corrected chi connectivity index (χ0v) is 14.6. The second kappa shape index (κ2) is 9.49. The molecule has 8 heteroatoms. The fourth-order valence-electron chi connectivity index (χ4n) is 1.91. The summed E-state index contributed by atoms with van der Waals surface area (Å²) in [5, 5.41) is 2.67. The lowest BCUT2D eigenvalue weighted by molar-refractivity contribution is -0.116. The number of nitrogens with one attached hydrogen (secondary N) is 1. The Labute approximate surface area is 137 Å². The Morgan fingerprint density at radius 3 is 2.43 bits per heavy atom. The molecule has 23 heavy (non-hydrogen) atoms. The van der Waals surface area contributed by atoms with Gasteiger partial charge in [0.15, 0.2) is 0 Å². The fraction of sp³-hybridized carbons (Fsp3) is 0.533. The summed E-state index contributed by atoms with van der Waals surface area (Å²) in [6.45, 7) is 2.90. The van der Waals surface area contributed by atoms with Crippen LogP contribution in [0.2, 0.25) is 0 Å². The molecule has 0 aromatic heterocycles. The first kappa shape index (κ1) is 19.4. The van der Waals surface area contributed by atoms with E-state index < -0.39 is 15.9 Å². The maximum absolute atomic E-state index is 12.0. The lowest BCUT2D eigenvalue weighted by Crippen LogP contribution is -2.38. The van der Waals surface area contributed by atoms with Gasteiger partial charge in [0.1, 0.15) is 5.75 Å². The van der Waals surface area contributed by atoms with Gasteiger partial charge in [0.05, 0.1) is 19.4 Å². The molecule has 1 aromatic carbocycles. The van der Waals surface area contributed by atoms with E-state index in [-0.39, 0.29) is 13.1 Å². The Kier molecular flexibility index (Phi) is 8.01. The lowest BCUT2D eigenvalue weighted by atomic mass is 10.3. The van der Waals surface area contributed by atoms with Crippen LogP contribution in [0.3, 0.4) is 0 Å². The molecule has 1 aromatic rings. The van der Waals surface area contributed by atoms with Gasteiger partial charge in [-0.1, -0.05) is 0 Å². The van der Waals surface area contributed by atoms with Gasteiger partial charge in [0, 0.05) is 25.9 Å². The molecular weight excluding hydrogens is 320 g/mol. The van der Waals surface area contributed by atoms with Gasteiger partial charge in [0.2, 0.25) is 15.9 Å². The van der Waals surface area contributed by atoms with E-state index in [9.17, 15) is 13.2 Å². The minimum atomic E-state index is -3.45. The smallest absolute Gasteiger partial charge is 0.239 e. The van der Waals surface area contributed by atoms with Gasteiger partial charge in [-0.3, -0.25) is 4.79 Å². The number of rotatable bonds is 10. The molecule has 0 saturated carbocycles. The molecule has 1 N–H and O–H groups in total. The summed E-state index contributed by atoms with van der Waals surface area (Å²) in [6.07, 6.45) is 1.61. The summed E-state index contributed by atoms with van der Waals surface area (Å²) >= 11 is 0. The molecule has 0 aliphatic rings. The van der Waals surface area contributed by atoms with Crippen molar-refractivity contribution < 1.29 is 22.7 Å². The summed E-state index contributed by atoms with van der Waals surface area (Å²) in [5.41, 5.74) is 0.587. The average Bonchev–Trinajstić information content (AvgIpc) is 2.48. The Morgan fingerprint density at radius 2 is 1.91 bits per heavy atom. The third kappa shape index (κ3) is 7.45. The van der Waals surface area contributed by atoms with Crippen LogP contribution < -0.4 is 10.1 Å². The van der Waals surface area contributed by atoms with Crippen LogP contribution in [0.1, 0.15) is 13.3 Å². The monoisotopic (exact) mass is 344 g/mol. The quantitative estimate of drug-likeness (QED) is 0.647. The summed E-state index contributed by atoms with van der Waals surface area (Å²) < 4.78 is 34.8. The van der Waals surface area contributed by atoms with E-state index in [4.69, 9.17) is 9.47 Å². The SMILES string of the molecule is CCOc1ccc(NC(=O)CN(CCCOC)S(C)(=O)=O)cc1. The number of carbonyl (C=O) groups excluding carboxylic acids is 1. The molecule has 0 radical (unpaired) electrons. The largest absolute Gasteiger partial charge is 0.494 e. The number of anilines is 1. The molecule has 0 heterocycles. The van der Waals surface area contributed by atoms with Crippen molar-refractivity contribution in [1.82, 2.24) is 4.31 Å². The standard InChI is InChI=1S/C15H24N2O5S/c1-4-22-14-8-6-13(7-9-14)16-15(18)12-17(23(3,19)20)10-5-11-21-2/h6-9H,4-5,10-12H2,1-3H3,(H,16,18). The Balaban J connectivity index is 2.60. The van der Waals surface area contributed by atoms with Crippen molar-refractivity contribution in [3.8, 4) is 5.75 Å². The minimum absolute atomic E-state index is 0.226. The fourth-order valence-corrected chi connectivity index (χ4v) is 2.72. The molecule has 7 nitrogen and oxygen atoms in total. The molecular formula is C15H24N2O5S. The van der Waals surface area contributed by atoms with Gasteiger partial charge in [-0.05, 0) is 37.6 Å². The third-order valence-electron chi connectivity index (χ3n) is 2.99. The van der Waals surface area contributed by atoms with Crippen molar-refractivity contribution in [1.29, 1.82) is 0 Å². The predicted octanol–water partition coefficient (Wildman–Crippen LogP) is 1.32. The Bertz CT molecular complexity index is 586. The van der Waals surface area contributed by atoms with Gasteiger partial charge in [-0.25, -0.2) is 8.42 Å². The van der Waals surface area contributed by atoms with Crippen LogP contribution in [0.4, 0.5) is 5.69 Å². The summed E-state index contributed by atoms with van der Waals surface area (Å²) in [4.78, 5) is 12.0. The second-order valence-electron chi connectivity index (χ2n) is 4.95.